The largest absolute Gasteiger partial charge is 0.327 e. The van der Waals surface area contributed by atoms with Crippen molar-refractivity contribution in [3.8, 4) is 0 Å². The Bertz CT molecular complexity index is 177. The Labute approximate surface area is 112 Å². The molecule has 0 saturated heterocycles. The highest BCUT2D eigenvalue weighted by atomic mass is 32.2. The first-order valence-corrected chi connectivity index (χ1v) is 8.49. The molecule has 2 nitrogen and oxygen atoms in total. The molecule has 0 radical (unpaired) electrons. The lowest BCUT2D eigenvalue weighted by Gasteiger charge is -2.27. The van der Waals surface area contributed by atoms with Gasteiger partial charge in [0.25, 0.3) is 0 Å². The molecule has 102 valence electrons. The molecule has 1 saturated carbocycles. The maximum absolute atomic E-state index is 6.30. The van der Waals surface area contributed by atoms with Gasteiger partial charge in [0.15, 0.2) is 0 Å². The second kappa shape index (κ2) is 9.23. The van der Waals surface area contributed by atoms with Gasteiger partial charge in [-0.15, -0.1) is 0 Å². The van der Waals surface area contributed by atoms with Gasteiger partial charge in [0, 0.05) is 24.1 Å². The van der Waals surface area contributed by atoms with Gasteiger partial charge < -0.3 is 10.6 Å². The molecule has 0 heterocycles. The van der Waals surface area contributed by atoms with E-state index in [1.54, 1.807) is 0 Å². The van der Waals surface area contributed by atoms with Crippen molar-refractivity contribution in [3.05, 3.63) is 0 Å². The van der Waals surface area contributed by atoms with Gasteiger partial charge in [0.2, 0.25) is 0 Å². The maximum Gasteiger partial charge on any atom is 0.0158 e. The Hall–Kier alpha value is 0.270. The number of hydrogen-bond donors (Lipinski definition) is 1. The Morgan fingerprint density at radius 1 is 1.18 bits per heavy atom. The third-order valence-electron chi connectivity index (χ3n) is 4.01. The van der Waals surface area contributed by atoms with E-state index in [0.717, 1.165) is 11.7 Å². The topological polar surface area (TPSA) is 29.3 Å². The molecule has 0 spiro atoms. The van der Waals surface area contributed by atoms with E-state index >= 15 is 0 Å². The maximum atomic E-state index is 6.30. The minimum Gasteiger partial charge on any atom is -0.327 e. The third-order valence-corrected chi connectivity index (χ3v) is 5.10. The van der Waals surface area contributed by atoms with Crippen LogP contribution in [0.2, 0.25) is 0 Å². The smallest absolute Gasteiger partial charge is 0.0158 e. The van der Waals surface area contributed by atoms with Crippen molar-refractivity contribution in [2.24, 2.45) is 11.7 Å². The van der Waals surface area contributed by atoms with Crippen molar-refractivity contribution in [2.45, 2.75) is 52.0 Å². The number of hydrogen-bond acceptors (Lipinski definition) is 3. The molecule has 3 heteroatoms. The molecule has 1 aliphatic carbocycles. The second-order valence-electron chi connectivity index (χ2n) is 5.16. The Kier molecular flexibility index (Phi) is 8.33. The molecule has 0 bridgehead atoms. The first-order valence-electron chi connectivity index (χ1n) is 7.33. The average Bonchev–Trinajstić information content (AvgIpc) is 2.40. The lowest BCUT2D eigenvalue weighted by molar-refractivity contribution is 0.317. The van der Waals surface area contributed by atoms with Gasteiger partial charge in [-0.1, -0.05) is 33.1 Å². The summed E-state index contributed by atoms with van der Waals surface area (Å²) in [6.45, 7) is 8.04. The van der Waals surface area contributed by atoms with Crippen molar-refractivity contribution in [1.29, 1.82) is 0 Å². The molecule has 0 aromatic heterocycles. The van der Waals surface area contributed by atoms with E-state index in [0.29, 0.717) is 6.04 Å². The molecule has 1 aliphatic rings. The molecule has 1 rings (SSSR count). The van der Waals surface area contributed by atoms with Gasteiger partial charge in [-0.2, -0.15) is 11.8 Å². The molecule has 1 unspecified atom stereocenters. The minimum atomic E-state index is 0.442. The van der Waals surface area contributed by atoms with Gasteiger partial charge in [-0.05, 0) is 31.8 Å². The van der Waals surface area contributed by atoms with Crippen LogP contribution in [0.25, 0.3) is 0 Å². The molecule has 0 aromatic rings. The first-order chi connectivity index (χ1) is 8.27. The fraction of sp³-hybridized carbons (Fsp3) is 1.00. The highest BCUT2D eigenvalue weighted by molar-refractivity contribution is 7.99. The van der Waals surface area contributed by atoms with E-state index in [1.807, 2.05) is 11.8 Å². The molecule has 0 amide bonds. The fourth-order valence-corrected chi connectivity index (χ4v) is 3.75. The summed E-state index contributed by atoms with van der Waals surface area (Å²) in [5, 5.41) is 0. The summed E-state index contributed by atoms with van der Waals surface area (Å²) >= 11 is 2.05. The van der Waals surface area contributed by atoms with Crippen molar-refractivity contribution >= 4 is 11.8 Å². The normalized spacial score (nSPS) is 19.8. The van der Waals surface area contributed by atoms with E-state index in [9.17, 15) is 0 Å². The predicted molar refractivity (Wildman–Crippen MR) is 79.7 cm³/mol. The third kappa shape index (κ3) is 6.12. The van der Waals surface area contributed by atoms with E-state index in [2.05, 4.69) is 18.7 Å². The summed E-state index contributed by atoms with van der Waals surface area (Å²) in [6, 6.07) is 0.442. The van der Waals surface area contributed by atoms with Crippen molar-refractivity contribution in [1.82, 2.24) is 4.90 Å². The second-order valence-corrected chi connectivity index (χ2v) is 6.31. The summed E-state index contributed by atoms with van der Waals surface area (Å²) in [6.07, 6.45) is 6.98. The Balaban J connectivity index is 2.04. The van der Waals surface area contributed by atoms with Crippen LogP contribution in [-0.4, -0.2) is 42.1 Å². The van der Waals surface area contributed by atoms with Crippen LogP contribution < -0.4 is 5.73 Å². The first kappa shape index (κ1) is 15.3. The van der Waals surface area contributed by atoms with Crippen molar-refractivity contribution in [2.75, 3.05) is 31.1 Å². The lowest BCUT2D eigenvalue weighted by Crippen LogP contribution is -2.34. The summed E-state index contributed by atoms with van der Waals surface area (Å²) in [4.78, 5) is 2.49. The standard InChI is InChI=1S/C14H30N2S/c1-3-16(4-2)10-11-17-12-14(15)13-8-6-5-7-9-13/h13-14H,3-12,15H2,1-2H3. The summed E-state index contributed by atoms with van der Waals surface area (Å²) in [7, 11) is 0. The highest BCUT2D eigenvalue weighted by Crippen LogP contribution is 2.26. The molecular weight excluding hydrogens is 228 g/mol. The van der Waals surface area contributed by atoms with Gasteiger partial charge in [0.1, 0.15) is 0 Å². The molecule has 0 aromatic carbocycles. The zero-order valence-electron chi connectivity index (χ0n) is 11.7. The summed E-state index contributed by atoms with van der Waals surface area (Å²) in [5.41, 5.74) is 6.30. The molecule has 1 fully saturated rings. The molecule has 17 heavy (non-hydrogen) atoms. The van der Waals surface area contributed by atoms with Crippen LogP contribution in [0.3, 0.4) is 0 Å². The Morgan fingerprint density at radius 3 is 2.41 bits per heavy atom. The molecule has 1 atom stereocenters. The van der Waals surface area contributed by atoms with E-state index in [-0.39, 0.29) is 0 Å². The Morgan fingerprint density at radius 2 is 1.82 bits per heavy atom. The quantitative estimate of drug-likeness (QED) is 0.679. The zero-order valence-corrected chi connectivity index (χ0v) is 12.5. The van der Waals surface area contributed by atoms with Crippen LogP contribution in [0.5, 0.6) is 0 Å². The number of thioether (sulfide) groups is 1. The molecule has 0 aliphatic heterocycles. The van der Waals surface area contributed by atoms with Gasteiger partial charge >= 0.3 is 0 Å². The van der Waals surface area contributed by atoms with Crippen LogP contribution in [0, 0.1) is 5.92 Å². The van der Waals surface area contributed by atoms with Crippen LogP contribution in [0.15, 0.2) is 0 Å². The molecule has 2 N–H and O–H groups in total. The highest BCUT2D eigenvalue weighted by Gasteiger charge is 2.20. The summed E-state index contributed by atoms with van der Waals surface area (Å²) in [5.74, 6) is 3.21. The minimum absolute atomic E-state index is 0.442. The molecular formula is C14H30N2S. The monoisotopic (exact) mass is 258 g/mol. The van der Waals surface area contributed by atoms with E-state index in [1.165, 1.54) is 57.5 Å². The van der Waals surface area contributed by atoms with Crippen LogP contribution in [0.4, 0.5) is 0 Å². The van der Waals surface area contributed by atoms with Crippen molar-refractivity contribution < 1.29 is 0 Å². The van der Waals surface area contributed by atoms with Crippen LogP contribution >= 0.6 is 11.8 Å². The van der Waals surface area contributed by atoms with E-state index < -0.39 is 0 Å². The van der Waals surface area contributed by atoms with Crippen LogP contribution in [-0.2, 0) is 0 Å². The average molecular weight is 258 g/mol. The van der Waals surface area contributed by atoms with Crippen molar-refractivity contribution in [3.63, 3.8) is 0 Å². The van der Waals surface area contributed by atoms with Gasteiger partial charge in [-0.25, -0.2) is 0 Å². The van der Waals surface area contributed by atoms with Crippen LogP contribution in [0.1, 0.15) is 46.0 Å². The number of rotatable bonds is 8. The SMILES string of the molecule is CCN(CC)CCSCC(N)C1CCCCC1. The lowest BCUT2D eigenvalue weighted by atomic mass is 9.85. The van der Waals surface area contributed by atoms with Gasteiger partial charge in [-0.3, -0.25) is 0 Å². The summed E-state index contributed by atoms with van der Waals surface area (Å²) < 4.78 is 0. The number of nitrogens with two attached hydrogens (primary N) is 1. The zero-order chi connectivity index (χ0) is 12.5. The van der Waals surface area contributed by atoms with E-state index in [4.69, 9.17) is 5.73 Å². The fourth-order valence-electron chi connectivity index (χ4n) is 2.65. The predicted octanol–water partition coefficient (Wildman–Crippen LogP) is 2.97. The number of nitrogens with zero attached hydrogens (tertiary/aromatic N) is 1. The van der Waals surface area contributed by atoms with Gasteiger partial charge in [0.05, 0.1) is 0 Å².